The zero-order valence-corrected chi connectivity index (χ0v) is 17.6. The second kappa shape index (κ2) is 8.38. The Balaban J connectivity index is 1.92. The van der Waals surface area contributed by atoms with Crippen LogP contribution in [0.1, 0.15) is 33.6 Å². The second-order valence-electron chi connectivity index (χ2n) is 7.65. The highest BCUT2D eigenvalue weighted by atomic mass is 31.3. The second-order valence-corrected chi connectivity index (χ2v) is 10.6. The topological polar surface area (TPSA) is 155 Å². The van der Waals surface area contributed by atoms with Crippen LogP contribution in [0.5, 0.6) is 0 Å². The van der Waals surface area contributed by atoms with Crippen LogP contribution in [0.15, 0.2) is 24.6 Å². The molecule has 5 atom stereocenters. The number of carbonyl (C=O) groups is 1. The fourth-order valence-corrected chi connectivity index (χ4v) is 5.39. The molecule has 0 spiro atoms. The molecule has 0 aromatic rings. The van der Waals surface area contributed by atoms with Crippen molar-refractivity contribution in [2.24, 2.45) is 5.92 Å². The molecule has 2 amide bonds. The van der Waals surface area contributed by atoms with Crippen LogP contribution in [0.4, 0.5) is 4.79 Å². The van der Waals surface area contributed by atoms with Gasteiger partial charge in [0.1, 0.15) is 0 Å². The van der Waals surface area contributed by atoms with Crippen molar-refractivity contribution in [3.8, 4) is 0 Å². The van der Waals surface area contributed by atoms with Crippen molar-refractivity contribution in [1.82, 2.24) is 10.2 Å². The molecule has 1 fully saturated rings. The van der Waals surface area contributed by atoms with E-state index in [-0.39, 0.29) is 18.5 Å². The molecule has 5 unspecified atom stereocenters. The van der Waals surface area contributed by atoms with Gasteiger partial charge in [0.15, 0.2) is 0 Å². The van der Waals surface area contributed by atoms with E-state index in [2.05, 4.69) is 16.2 Å². The molecule has 0 saturated heterocycles. The SMILES string of the molecule is C=C1C=CN(C2CC(O)C(COP(=O)(O)OP(=O)(O)OC(C)(C)C)C2)C(=O)N1. The highest BCUT2D eigenvalue weighted by Crippen LogP contribution is 2.62. The molecule has 13 heteroatoms. The van der Waals surface area contributed by atoms with Gasteiger partial charge in [0.25, 0.3) is 0 Å². The van der Waals surface area contributed by atoms with E-state index in [4.69, 9.17) is 9.05 Å². The average Bonchev–Trinajstić information content (AvgIpc) is 2.82. The van der Waals surface area contributed by atoms with E-state index in [0.717, 1.165) is 0 Å². The minimum atomic E-state index is -4.92. The van der Waals surface area contributed by atoms with Gasteiger partial charge in [-0.05, 0) is 39.7 Å². The lowest BCUT2D eigenvalue weighted by atomic mass is 10.1. The molecule has 28 heavy (non-hydrogen) atoms. The van der Waals surface area contributed by atoms with Crippen LogP contribution in [0.2, 0.25) is 0 Å². The number of nitrogens with one attached hydrogen (secondary N) is 1. The van der Waals surface area contributed by atoms with Crippen LogP contribution < -0.4 is 5.32 Å². The van der Waals surface area contributed by atoms with Crippen LogP contribution in [-0.4, -0.2) is 50.2 Å². The molecule has 2 rings (SSSR count). The number of allylic oxidation sites excluding steroid dienone is 1. The van der Waals surface area contributed by atoms with E-state index in [0.29, 0.717) is 12.1 Å². The summed E-state index contributed by atoms with van der Waals surface area (Å²) in [5, 5.41) is 12.7. The summed E-state index contributed by atoms with van der Waals surface area (Å²) >= 11 is 0. The average molecular weight is 440 g/mol. The first-order valence-corrected chi connectivity index (χ1v) is 11.5. The maximum Gasteiger partial charge on any atom is 0.481 e. The Bertz CT molecular complexity index is 748. The van der Waals surface area contributed by atoms with Gasteiger partial charge in [0.2, 0.25) is 0 Å². The van der Waals surface area contributed by atoms with Gasteiger partial charge in [-0.2, -0.15) is 4.31 Å². The molecular formula is C15H26N2O9P2. The molecular weight excluding hydrogens is 414 g/mol. The minimum absolute atomic E-state index is 0.237. The molecule has 1 saturated carbocycles. The number of nitrogens with zero attached hydrogens (tertiary/aromatic N) is 1. The van der Waals surface area contributed by atoms with Crippen LogP contribution in [0.25, 0.3) is 0 Å². The van der Waals surface area contributed by atoms with Crippen LogP contribution in [0.3, 0.4) is 0 Å². The maximum atomic E-state index is 12.0. The number of aliphatic hydroxyl groups is 1. The van der Waals surface area contributed by atoms with Crippen LogP contribution in [0, 0.1) is 5.92 Å². The van der Waals surface area contributed by atoms with Crippen molar-refractivity contribution >= 4 is 21.7 Å². The Morgan fingerprint density at radius 2 is 1.93 bits per heavy atom. The van der Waals surface area contributed by atoms with Crippen molar-refractivity contribution in [3.05, 3.63) is 24.6 Å². The van der Waals surface area contributed by atoms with Crippen LogP contribution in [-0.2, 0) is 22.5 Å². The van der Waals surface area contributed by atoms with E-state index in [1.807, 2.05) is 0 Å². The number of hydrogen-bond donors (Lipinski definition) is 4. The molecule has 4 N–H and O–H groups in total. The predicted octanol–water partition coefficient (Wildman–Crippen LogP) is 2.23. The lowest BCUT2D eigenvalue weighted by Crippen LogP contribution is -2.43. The summed E-state index contributed by atoms with van der Waals surface area (Å²) in [6, 6.07) is -0.733. The van der Waals surface area contributed by atoms with Crippen molar-refractivity contribution in [2.75, 3.05) is 6.61 Å². The number of amides is 2. The van der Waals surface area contributed by atoms with E-state index >= 15 is 0 Å². The van der Waals surface area contributed by atoms with E-state index in [9.17, 15) is 28.8 Å². The van der Waals surface area contributed by atoms with Gasteiger partial charge in [0, 0.05) is 23.9 Å². The molecule has 2 aliphatic rings. The number of carbonyl (C=O) groups excluding carboxylic acids is 1. The highest BCUT2D eigenvalue weighted by molar-refractivity contribution is 7.61. The van der Waals surface area contributed by atoms with Crippen molar-refractivity contribution in [3.63, 3.8) is 0 Å². The molecule has 1 aliphatic carbocycles. The number of phosphoric ester groups is 2. The quantitative estimate of drug-likeness (QED) is 0.436. The fourth-order valence-electron chi connectivity index (χ4n) is 2.96. The monoisotopic (exact) mass is 440 g/mol. The van der Waals surface area contributed by atoms with Crippen LogP contribution >= 0.6 is 15.6 Å². The summed E-state index contributed by atoms with van der Waals surface area (Å²) in [6.07, 6.45) is 2.79. The summed E-state index contributed by atoms with van der Waals surface area (Å²) in [5.74, 6) is -0.581. The maximum absolute atomic E-state index is 12.0. The van der Waals surface area contributed by atoms with Gasteiger partial charge in [-0.1, -0.05) is 6.58 Å². The number of aliphatic hydroxyl groups excluding tert-OH is 1. The Morgan fingerprint density at radius 3 is 2.50 bits per heavy atom. The van der Waals surface area contributed by atoms with Gasteiger partial charge in [-0.25, -0.2) is 13.9 Å². The third-order valence-electron chi connectivity index (χ3n) is 4.01. The van der Waals surface area contributed by atoms with E-state index in [1.54, 1.807) is 12.3 Å². The molecule has 0 aromatic heterocycles. The zero-order valence-electron chi connectivity index (χ0n) is 15.8. The van der Waals surface area contributed by atoms with Crippen molar-refractivity contribution in [1.29, 1.82) is 0 Å². The molecule has 1 heterocycles. The van der Waals surface area contributed by atoms with Gasteiger partial charge < -0.3 is 20.2 Å². The molecule has 1 aliphatic heterocycles. The Labute approximate surface area is 163 Å². The van der Waals surface area contributed by atoms with Gasteiger partial charge in [-0.3, -0.25) is 13.9 Å². The van der Waals surface area contributed by atoms with Gasteiger partial charge >= 0.3 is 21.7 Å². The summed E-state index contributed by atoms with van der Waals surface area (Å²) in [5.41, 5.74) is -0.642. The third kappa shape index (κ3) is 6.79. The Hall–Kier alpha value is -1.03. The Morgan fingerprint density at radius 1 is 1.29 bits per heavy atom. The van der Waals surface area contributed by atoms with Crippen molar-refractivity contribution < 1.29 is 42.2 Å². The summed E-state index contributed by atoms with van der Waals surface area (Å²) in [6.45, 7) is 7.62. The number of hydrogen-bond acceptors (Lipinski definition) is 7. The minimum Gasteiger partial charge on any atom is -0.393 e. The highest BCUT2D eigenvalue weighted by Gasteiger charge is 2.42. The van der Waals surface area contributed by atoms with Crippen molar-refractivity contribution in [2.45, 2.75) is 51.4 Å². The largest absolute Gasteiger partial charge is 0.481 e. The summed E-state index contributed by atoms with van der Waals surface area (Å²) in [7, 11) is -9.76. The predicted molar refractivity (Wildman–Crippen MR) is 98.7 cm³/mol. The molecule has 160 valence electrons. The first-order valence-electron chi connectivity index (χ1n) is 8.54. The first-order chi connectivity index (χ1) is 12.7. The standard InChI is InChI=1S/C15H26N2O9P2/c1-10-5-6-17(14(19)16-10)12-7-11(13(18)8-12)9-24-27(20,21)26-28(22,23)25-15(2,3)4/h5-6,11-13,18H,1,7-9H2,2-4H3,(H,16,19)(H,20,21)(H,22,23). The Kier molecular flexibility index (Phi) is 6.95. The molecule has 0 aromatic carbocycles. The number of phosphoric acid groups is 2. The fraction of sp³-hybridized carbons (Fsp3) is 0.667. The number of urea groups is 1. The first kappa shape index (κ1) is 23.3. The lowest BCUT2D eigenvalue weighted by Gasteiger charge is -2.29. The zero-order chi connectivity index (χ0) is 21.3. The smallest absolute Gasteiger partial charge is 0.393 e. The van der Waals surface area contributed by atoms with E-state index < -0.39 is 39.9 Å². The lowest BCUT2D eigenvalue weighted by molar-refractivity contribution is 0.0639. The summed E-state index contributed by atoms with van der Waals surface area (Å²) in [4.78, 5) is 32.7. The molecule has 0 radical (unpaired) electrons. The third-order valence-corrected chi connectivity index (χ3v) is 6.92. The van der Waals surface area contributed by atoms with Gasteiger partial charge in [0.05, 0.1) is 18.3 Å². The van der Waals surface area contributed by atoms with Gasteiger partial charge in [-0.15, -0.1) is 0 Å². The molecule has 0 bridgehead atoms. The molecule has 11 nitrogen and oxygen atoms in total. The number of rotatable bonds is 7. The normalized spacial score (nSPS) is 30.1. The van der Waals surface area contributed by atoms with E-state index in [1.165, 1.54) is 25.7 Å². The summed E-state index contributed by atoms with van der Waals surface area (Å²) < 4.78 is 37.6.